The van der Waals surface area contributed by atoms with E-state index in [1.54, 1.807) is 31.2 Å². The summed E-state index contributed by atoms with van der Waals surface area (Å²) in [6.45, 7) is 1.43. The van der Waals surface area contributed by atoms with Crippen LogP contribution in [0.3, 0.4) is 0 Å². The minimum absolute atomic E-state index is 0.106. The van der Waals surface area contributed by atoms with Crippen LogP contribution < -0.4 is 9.47 Å². The molecule has 0 aliphatic carbocycles. The van der Waals surface area contributed by atoms with Crippen molar-refractivity contribution in [3.63, 3.8) is 0 Å². The molecule has 152 valence electrons. The maximum absolute atomic E-state index is 13.8. The summed E-state index contributed by atoms with van der Waals surface area (Å²) in [5, 5.41) is 0.864. The van der Waals surface area contributed by atoms with Gasteiger partial charge in [-0.3, -0.25) is 4.79 Å². The van der Waals surface area contributed by atoms with Gasteiger partial charge in [-0.15, -0.1) is 0 Å². The SMILES string of the molecule is Cc1cc(OCc2c(F)cccc2F)cc2c1C(=O)/C(=C/c1ccc(Cl)cc1Cl)O2. The van der Waals surface area contributed by atoms with Gasteiger partial charge in [0, 0.05) is 16.1 Å². The van der Waals surface area contributed by atoms with Gasteiger partial charge in [0.1, 0.15) is 29.7 Å². The zero-order chi connectivity index (χ0) is 21.4. The molecule has 0 unspecified atom stereocenters. The fourth-order valence-corrected chi connectivity index (χ4v) is 3.61. The van der Waals surface area contributed by atoms with Gasteiger partial charge in [-0.1, -0.05) is 35.3 Å². The van der Waals surface area contributed by atoms with E-state index in [2.05, 4.69) is 0 Å². The molecule has 0 radical (unpaired) electrons. The number of hydrogen-bond donors (Lipinski definition) is 0. The van der Waals surface area contributed by atoms with Crippen LogP contribution in [-0.2, 0) is 6.61 Å². The van der Waals surface area contributed by atoms with Gasteiger partial charge in [-0.2, -0.15) is 0 Å². The second-order valence-electron chi connectivity index (χ2n) is 6.71. The third-order valence-electron chi connectivity index (χ3n) is 4.64. The quantitative estimate of drug-likeness (QED) is 0.414. The molecule has 7 heteroatoms. The molecular weight excluding hydrogens is 433 g/mol. The lowest BCUT2D eigenvalue weighted by molar-refractivity contribution is 0.101. The average Bonchev–Trinajstić information content (AvgIpc) is 2.99. The molecular formula is C23H14Cl2F2O3. The summed E-state index contributed by atoms with van der Waals surface area (Å²) in [7, 11) is 0. The van der Waals surface area contributed by atoms with Crippen molar-refractivity contribution in [3.05, 3.63) is 98.2 Å². The largest absolute Gasteiger partial charge is 0.489 e. The standard InChI is InChI=1S/C23H14Cl2F2O3/c1-12-7-15(29-11-16-18(26)3-2-4-19(16)27)10-20-22(12)23(28)21(30-20)8-13-5-6-14(24)9-17(13)25/h2-10H,11H2,1H3/b21-8-. The van der Waals surface area contributed by atoms with E-state index in [9.17, 15) is 13.6 Å². The van der Waals surface area contributed by atoms with E-state index in [0.29, 0.717) is 38.2 Å². The molecule has 0 saturated heterocycles. The first kappa shape index (κ1) is 20.4. The molecule has 0 atom stereocenters. The highest BCUT2D eigenvalue weighted by atomic mass is 35.5. The molecule has 0 spiro atoms. The summed E-state index contributed by atoms with van der Waals surface area (Å²) in [5.41, 5.74) is 1.43. The normalized spacial score (nSPS) is 14.0. The van der Waals surface area contributed by atoms with Crippen LogP contribution in [0.1, 0.15) is 27.0 Å². The zero-order valence-corrected chi connectivity index (χ0v) is 17.2. The smallest absolute Gasteiger partial charge is 0.232 e. The lowest BCUT2D eigenvalue weighted by Crippen LogP contribution is -2.02. The predicted molar refractivity (Wildman–Crippen MR) is 111 cm³/mol. The van der Waals surface area contributed by atoms with Crippen molar-refractivity contribution >= 4 is 35.1 Å². The molecule has 3 aromatic carbocycles. The Hall–Kier alpha value is -2.89. The van der Waals surface area contributed by atoms with Gasteiger partial charge < -0.3 is 9.47 Å². The number of Topliss-reactive ketones (excluding diaryl/α,β-unsaturated/α-hetero) is 1. The van der Waals surface area contributed by atoms with E-state index < -0.39 is 11.6 Å². The summed E-state index contributed by atoms with van der Waals surface area (Å²) < 4.78 is 38.9. The molecule has 1 aliphatic heterocycles. The number of benzene rings is 3. The molecule has 0 aromatic heterocycles. The number of rotatable bonds is 4. The summed E-state index contributed by atoms with van der Waals surface area (Å²) in [6, 6.07) is 11.7. The first-order valence-electron chi connectivity index (χ1n) is 8.93. The van der Waals surface area contributed by atoms with Gasteiger partial charge in [-0.05, 0) is 54.5 Å². The van der Waals surface area contributed by atoms with E-state index in [-0.39, 0.29) is 23.7 Å². The van der Waals surface area contributed by atoms with Crippen LogP contribution in [0.15, 0.2) is 54.3 Å². The average molecular weight is 447 g/mol. The molecule has 0 saturated carbocycles. The van der Waals surface area contributed by atoms with Gasteiger partial charge in [-0.25, -0.2) is 8.78 Å². The Kier molecular flexibility index (Phi) is 5.50. The van der Waals surface area contributed by atoms with Crippen LogP contribution in [0.2, 0.25) is 10.0 Å². The van der Waals surface area contributed by atoms with Crippen LogP contribution in [0.25, 0.3) is 6.08 Å². The highest BCUT2D eigenvalue weighted by molar-refractivity contribution is 6.35. The van der Waals surface area contributed by atoms with Crippen molar-refractivity contribution < 1.29 is 23.0 Å². The molecule has 0 fully saturated rings. The summed E-state index contributed by atoms with van der Waals surface area (Å²) in [6.07, 6.45) is 1.54. The lowest BCUT2D eigenvalue weighted by Gasteiger charge is -2.10. The second kappa shape index (κ2) is 8.09. The van der Waals surface area contributed by atoms with E-state index in [1.807, 2.05) is 0 Å². The highest BCUT2D eigenvalue weighted by Gasteiger charge is 2.30. The van der Waals surface area contributed by atoms with Gasteiger partial charge >= 0.3 is 0 Å². The molecule has 3 aromatic rings. The predicted octanol–water partition coefficient (Wildman–Crippen LogP) is 6.78. The minimum atomic E-state index is -0.690. The number of carbonyl (C=O) groups is 1. The lowest BCUT2D eigenvalue weighted by atomic mass is 10.0. The topological polar surface area (TPSA) is 35.5 Å². The van der Waals surface area contributed by atoms with Crippen LogP contribution >= 0.6 is 23.2 Å². The zero-order valence-electron chi connectivity index (χ0n) is 15.6. The second-order valence-corrected chi connectivity index (χ2v) is 7.55. The monoisotopic (exact) mass is 446 g/mol. The Morgan fingerprint density at radius 1 is 1.07 bits per heavy atom. The van der Waals surface area contributed by atoms with E-state index in [4.69, 9.17) is 32.7 Å². The Morgan fingerprint density at radius 3 is 2.50 bits per heavy atom. The molecule has 3 nitrogen and oxygen atoms in total. The summed E-state index contributed by atoms with van der Waals surface area (Å²) >= 11 is 12.1. The summed E-state index contributed by atoms with van der Waals surface area (Å²) in [4.78, 5) is 12.8. The number of allylic oxidation sites excluding steroid dienone is 1. The Balaban J connectivity index is 1.60. The summed E-state index contributed by atoms with van der Waals surface area (Å²) in [5.74, 6) is -0.934. The van der Waals surface area contributed by atoms with Gasteiger partial charge in [0.15, 0.2) is 5.76 Å². The van der Waals surface area contributed by atoms with Crippen molar-refractivity contribution in [1.29, 1.82) is 0 Å². The Labute approximate surface area is 181 Å². The number of aryl methyl sites for hydroxylation is 1. The van der Waals surface area contributed by atoms with Gasteiger partial charge in [0.25, 0.3) is 0 Å². The van der Waals surface area contributed by atoms with Crippen molar-refractivity contribution in [3.8, 4) is 11.5 Å². The van der Waals surface area contributed by atoms with Gasteiger partial charge in [0.2, 0.25) is 5.78 Å². The van der Waals surface area contributed by atoms with E-state index in [0.717, 1.165) is 12.1 Å². The van der Waals surface area contributed by atoms with Crippen molar-refractivity contribution in [2.24, 2.45) is 0 Å². The molecule has 30 heavy (non-hydrogen) atoms. The Morgan fingerprint density at radius 2 is 1.80 bits per heavy atom. The number of halogens is 4. The van der Waals surface area contributed by atoms with Crippen LogP contribution in [0.4, 0.5) is 8.78 Å². The van der Waals surface area contributed by atoms with Crippen LogP contribution in [0.5, 0.6) is 11.5 Å². The molecule has 4 rings (SSSR count). The van der Waals surface area contributed by atoms with Crippen LogP contribution in [-0.4, -0.2) is 5.78 Å². The molecule has 0 bridgehead atoms. The van der Waals surface area contributed by atoms with Crippen LogP contribution in [0, 0.1) is 18.6 Å². The number of ketones is 1. The number of hydrogen-bond acceptors (Lipinski definition) is 3. The molecule has 0 amide bonds. The minimum Gasteiger partial charge on any atom is -0.489 e. The molecule has 1 aliphatic rings. The van der Waals surface area contributed by atoms with Gasteiger partial charge in [0.05, 0.1) is 11.1 Å². The maximum Gasteiger partial charge on any atom is 0.232 e. The third-order valence-corrected chi connectivity index (χ3v) is 5.20. The van der Waals surface area contributed by atoms with Crippen molar-refractivity contribution in [2.75, 3.05) is 0 Å². The van der Waals surface area contributed by atoms with E-state index in [1.165, 1.54) is 18.2 Å². The number of ether oxygens (including phenoxy) is 2. The number of carbonyl (C=O) groups excluding carboxylic acids is 1. The van der Waals surface area contributed by atoms with E-state index >= 15 is 0 Å². The fourth-order valence-electron chi connectivity index (χ4n) is 3.15. The maximum atomic E-state index is 13.8. The van der Waals surface area contributed by atoms with Crippen molar-refractivity contribution in [1.82, 2.24) is 0 Å². The fraction of sp³-hybridized carbons (Fsp3) is 0.0870. The highest BCUT2D eigenvalue weighted by Crippen LogP contribution is 2.38. The first-order valence-corrected chi connectivity index (χ1v) is 9.68. The number of fused-ring (bicyclic) bond motifs is 1. The molecule has 0 N–H and O–H groups in total. The molecule has 1 heterocycles. The Bertz CT molecular complexity index is 1190. The third kappa shape index (κ3) is 3.91. The first-order chi connectivity index (χ1) is 14.3. The van der Waals surface area contributed by atoms with Crippen molar-refractivity contribution in [2.45, 2.75) is 13.5 Å².